The molecule has 2 aliphatic carbocycles. The van der Waals surface area contributed by atoms with Crippen molar-refractivity contribution in [3.05, 3.63) is 65.1 Å². The van der Waals surface area contributed by atoms with Gasteiger partial charge in [-0.1, -0.05) is 30.8 Å². The van der Waals surface area contributed by atoms with Crippen LogP contribution in [0, 0.1) is 11.3 Å². The van der Waals surface area contributed by atoms with E-state index in [4.69, 9.17) is 14.7 Å². The number of amides is 1. The van der Waals surface area contributed by atoms with E-state index in [1.165, 1.54) is 6.08 Å². The van der Waals surface area contributed by atoms with Crippen LogP contribution in [0.15, 0.2) is 42.7 Å². The van der Waals surface area contributed by atoms with E-state index in [1.54, 1.807) is 4.90 Å². The summed E-state index contributed by atoms with van der Waals surface area (Å²) < 4.78 is 22.5. The van der Waals surface area contributed by atoms with E-state index in [2.05, 4.69) is 42.5 Å². The molecule has 0 radical (unpaired) electrons. The molecule has 1 aromatic heterocycles. The SMILES string of the molecule is C=CC(=O)N1CCN(c2nc(OC[C@]3(C)CCCN3C)nc3c2CC[C@@]2(C3)C(F)=C(C)c3ccccc32)C[C@@H]1CC#N. The van der Waals surface area contributed by atoms with E-state index in [9.17, 15) is 10.1 Å². The molecule has 0 bridgehead atoms. The van der Waals surface area contributed by atoms with E-state index >= 15 is 4.39 Å². The van der Waals surface area contributed by atoms with Gasteiger partial charge in [-0.25, -0.2) is 4.39 Å². The van der Waals surface area contributed by atoms with Crippen molar-refractivity contribution in [1.29, 1.82) is 5.26 Å². The van der Waals surface area contributed by atoms with Crippen LogP contribution in [0.25, 0.3) is 5.57 Å². The molecule has 1 amide bonds. The number of halogens is 1. The second kappa shape index (κ2) is 10.8. The zero-order chi connectivity index (χ0) is 29.6. The van der Waals surface area contributed by atoms with Crippen LogP contribution in [0.4, 0.5) is 10.2 Å². The van der Waals surface area contributed by atoms with E-state index in [0.717, 1.165) is 47.6 Å². The van der Waals surface area contributed by atoms with Gasteiger partial charge in [0.25, 0.3) is 0 Å². The Hall–Kier alpha value is -3.77. The quantitative estimate of drug-likeness (QED) is 0.470. The number of anilines is 1. The van der Waals surface area contributed by atoms with Crippen molar-refractivity contribution in [3.63, 3.8) is 0 Å². The predicted molar refractivity (Wildman–Crippen MR) is 160 cm³/mol. The normalized spacial score (nSPS) is 27.2. The van der Waals surface area contributed by atoms with Gasteiger partial charge in [-0.3, -0.25) is 9.69 Å². The molecule has 8 nitrogen and oxygen atoms in total. The number of nitrogens with zero attached hydrogens (tertiary/aromatic N) is 6. The first-order valence-electron chi connectivity index (χ1n) is 15.0. The minimum atomic E-state index is -0.743. The second-order valence-electron chi connectivity index (χ2n) is 12.5. The molecule has 6 rings (SSSR count). The third kappa shape index (κ3) is 4.57. The summed E-state index contributed by atoms with van der Waals surface area (Å²) in [6.07, 6.45) is 5.35. The van der Waals surface area contributed by atoms with Gasteiger partial charge < -0.3 is 14.5 Å². The molecular formula is C33H39FN6O2. The molecule has 3 atom stereocenters. The lowest BCUT2D eigenvalue weighted by Crippen LogP contribution is -2.55. The van der Waals surface area contributed by atoms with Crippen LogP contribution in [0.5, 0.6) is 6.01 Å². The predicted octanol–water partition coefficient (Wildman–Crippen LogP) is 4.60. The summed E-state index contributed by atoms with van der Waals surface area (Å²) in [7, 11) is 2.12. The lowest BCUT2D eigenvalue weighted by Gasteiger charge is -2.42. The van der Waals surface area contributed by atoms with Gasteiger partial charge >= 0.3 is 6.01 Å². The summed E-state index contributed by atoms with van der Waals surface area (Å²) in [6.45, 7) is 10.7. The topological polar surface area (TPSA) is 85.6 Å². The number of likely N-dealkylation sites (tertiary alicyclic amines) is 1. The largest absolute Gasteiger partial charge is 0.461 e. The molecule has 4 aliphatic rings. The van der Waals surface area contributed by atoms with Gasteiger partial charge in [0.2, 0.25) is 5.91 Å². The third-order valence-corrected chi connectivity index (χ3v) is 10.1. The number of likely N-dealkylation sites (N-methyl/N-ethyl adjacent to an activating group) is 1. The highest BCUT2D eigenvalue weighted by molar-refractivity contribution is 5.87. The number of aromatic nitrogens is 2. The molecule has 2 aromatic rings. The van der Waals surface area contributed by atoms with Gasteiger partial charge in [-0.2, -0.15) is 15.2 Å². The van der Waals surface area contributed by atoms with Crippen LogP contribution in [0.1, 0.15) is 61.9 Å². The molecule has 1 aromatic carbocycles. The Kier molecular flexibility index (Phi) is 7.30. The van der Waals surface area contributed by atoms with Gasteiger partial charge in [0, 0.05) is 31.6 Å². The number of nitriles is 1. The summed E-state index contributed by atoms with van der Waals surface area (Å²) >= 11 is 0. The van der Waals surface area contributed by atoms with Crippen molar-refractivity contribution in [2.24, 2.45) is 0 Å². The van der Waals surface area contributed by atoms with Gasteiger partial charge in [0.15, 0.2) is 0 Å². The zero-order valence-electron chi connectivity index (χ0n) is 24.8. The smallest absolute Gasteiger partial charge is 0.318 e. The molecule has 2 saturated heterocycles. The van der Waals surface area contributed by atoms with Crippen LogP contribution >= 0.6 is 0 Å². The molecule has 3 heterocycles. The molecule has 0 saturated carbocycles. The Morgan fingerprint density at radius 2 is 2.07 bits per heavy atom. The zero-order valence-corrected chi connectivity index (χ0v) is 24.8. The van der Waals surface area contributed by atoms with E-state index in [1.807, 2.05) is 25.1 Å². The minimum Gasteiger partial charge on any atom is -0.461 e. The van der Waals surface area contributed by atoms with Crippen LogP contribution < -0.4 is 9.64 Å². The number of fused-ring (bicyclic) bond motifs is 3. The summed E-state index contributed by atoms with van der Waals surface area (Å²) in [4.78, 5) is 28.7. The first-order chi connectivity index (χ1) is 20.2. The Labute approximate surface area is 247 Å². The number of piperazine rings is 1. The number of benzene rings is 1. The number of carbonyl (C=O) groups is 1. The first-order valence-corrected chi connectivity index (χ1v) is 15.0. The average Bonchev–Trinajstić information content (AvgIpc) is 3.44. The number of hydrogen-bond donors (Lipinski definition) is 0. The fraction of sp³-hybridized carbons (Fsp3) is 0.515. The van der Waals surface area contributed by atoms with Crippen molar-refractivity contribution in [2.45, 2.75) is 69.4 Å². The van der Waals surface area contributed by atoms with Crippen molar-refractivity contribution in [3.8, 4) is 12.1 Å². The van der Waals surface area contributed by atoms with Crippen LogP contribution in [0.3, 0.4) is 0 Å². The molecule has 42 heavy (non-hydrogen) atoms. The Balaban J connectivity index is 1.38. The Morgan fingerprint density at radius 3 is 2.81 bits per heavy atom. The van der Waals surface area contributed by atoms with Crippen LogP contribution in [0.2, 0.25) is 0 Å². The number of ether oxygens (including phenoxy) is 1. The molecule has 2 aliphatic heterocycles. The molecule has 220 valence electrons. The molecule has 0 unspecified atom stereocenters. The molecule has 1 spiro atoms. The van der Waals surface area contributed by atoms with E-state index in [0.29, 0.717) is 57.1 Å². The monoisotopic (exact) mass is 570 g/mol. The molecule has 2 fully saturated rings. The first kappa shape index (κ1) is 28.4. The number of allylic oxidation sites excluding steroid dienone is 2. The summed E-state index contributed by atoms with van der Waals surface area (Å²) in [5.41, 5.74) is 3.68. The van der Waals surface area contributed by atoms with Crippen LogP contribution in [-0.4, -0.2) is 77.1 Å². The third-order valence-electron chi connectivity index (χ3n) is 10.1. The van der Waals surface area contributed by atoms with Gasteiger partial charge in [0.05, 0.1) is 35.2 Å². The fourth-order valence-corrected chi connectivity index (χ4v) is 7.47. The number of rotatable bonds is 6. The maximum absolute atomic E-state index is 16.1. The Bertz CT molecular complexity index is 1500. The van der Waals surface area contributed by atoms with Gasteiger partial charge in [-0.05, 0) is 75.9 Å². The van der Waals surface area contributed by atoms with Gasteiger partial charge in [0.1, 0.15) is 18.3 Å². The highest BCUT2D eigenvalue weighted by Gasteiger charge is 2.48. The molecule has 0 N–H and O–H groups in total. The van der Waals surface area contributed by atoms with Crippen molar-refractivity contribution < 1.29 is 13.9 Å². The summed E-state index contributed by atoms with van der Waals surface area (Å²) in [5.74, 6) is 0.538. The lowest BCUT2D eigenvalue weighted by molar-refractivity contribution is -0.128. The van der Waals surface area contributed by atoms with Gasteiger partial charge in [-0.15, -0.1) is 0 Å². The summed E-state index contributed by atoms with van der Waals surface area (Å²) in [5, 5.41) is 9.53. The molecular weight excluding hydrogens is 531 g/mol. The van der Waals surface area contributed by atoms with Crippen LogP contribution in [-0.2, 0) is 23.1 Å². The minimum absolute atomic E-state index is 0.0669. The number of hydrogen-bond acceptors (Lipinski definition) is 7. The number of carbonyl (C=O) groups excluding carboxylic acids is 1. The second-order valence-corrected chi connectivity index (χ2v) is 12.5. The maximum Gasteiger partial charge on any atom is 0.318 e. The standard InChI is InChI=1S/C33H39FN6O2/c1-5-28(41)40-18-17-39(20-23(40)12-15-35)30-25-11-14-33(26-10-7-6-9-24(26)22(2)29(33)34)19-27(25)36-31(37-30)42-21-32(3)13-8-16-38(32)4/h5-7,9-10,23H,1,8,11-14,16-21H2,2-4H3/t23-,32-,33-/m0/s1. The summed E-state index contributed by atoms with van der Waals surface area (Å²) in [6, 6.07) is 10.3. The maximum atomic E-state index is 16.1. The van der Waals surface area contributed by atoms with Crippen molar-refractivity contribution >= 4 is 17.3 Å². The highest BCUT2D eigenvalue weighted by Crippen LogP contribution is 2.54. The Morgan fingerprint density at radius 1 is 1.26 bits per heavy atom. The van der Waals surface area contributed by atoms with E-state index in [-0.39, 0.29) is 29.7 Å². The van der Waals surface area contributed by atoms with Crippen molar-refractivity contribution in [1.82, 2.24) is 19.8 Å². The molecule has 9 heteroatoms. The van der Waals surface area contributed by atoms with E-state index < -0.39 is 5.41 Å². The average molecular weight is 571 g/mol. The van der Waals surface area contributed by atoms with Crippen molar-refractivity contribution in [2.75, 3.05) is 44.7 Å². The highest BCUT2D eigenvalue weighted by atomic mass is 19.1. The lowest BCUT2D eigenvalue weighted by atomic mass is 9.69. The fourth-order valence-electron chi connectivity index (χ4n) is 7.47.